The predicted octanol–water partition coefficient (Wildman–Crippen LogP) is 3.60. The maximum absolute atomic E-state index is 12.2. The van der Waals surface area contributed by atoms with Gasteiger partial charge in [0.15, 0.2) is 5.82 Å². The van der Waals surface area contributed by atoms with Gasteiger partial charge in [-0.1, -0.05) is 30.0 Å². The number of aromatic nitrogens is 5. The summed E-state index contributed by atoms with van der Waals surface area (Å²) in [4.78, 5) is 0. The normalized spacial score (nSPS) is 11.1. The maximum atomic E-state index is 12.2. The topological polar surface area (TPSA) is 105 Å². The summed E-state index contributed by atoms with van der Waals surface area (Å²) in [6, 6.07) is 15.4. The van der Waals surface area contributed by atoms with Gasteiger partial charge in [0.1, 0.15) is 5.75 Å². The van der Waals surface area contributed by atoms with Crippen molar-refractivity contribution in [2.24, 2.45) is 0 Å². The molecule has 2 heterocycles. The van der Waals surface area contributed by atoms with Gasteiger partial charge < -0.3 is 15.0 Å². The standard InChI is InChI=1S/C18H14F2N6O2S/c19-17(20)27-13-8-6-11(7-9-13)15-23-25-18(26(15)21)29-10-14-22-24-16(28-14)12-4-2-1-3-5-12/h1-9,17H,10,21H2. The summed E-state index contributed by atoms with van der Waals surface area (Å²) >= 11 is 1.28. The largest absolute Gasteiger partial charge is 0.435 e. The summed E-state index contributed by atoms with van der Waals surface area (Å²) in [5.41, 5.74) is 1.44. The molecule has 0 spiro atoms. The third kappa shape index (κ3) is 4.35. The van der Waals surface area contributed by atoms with Gasteiger partial charge in [0.2, 0.25) is 16.9 Å². The highest BCUT2D eigenvalue weighted by Crippen LogP contribution is 2.26. The molecule has 29 heavy (non-hydrogen) atoms. The number of halogens is 2. The van der Waals surface area contributed by atoms with Crippen LogP contribution >= 0.6 is 11.8 Å². The predicted molar refractivity (Wildman–Crippen MR) is 102 cm³/mol. The number of hydrogen-bond acceptors (Lipinski definition) is 8. The van der Waals surface area contributed by atoms with Crippen LogP contribution in [0.2, 0.25) is 0 Å². The van der Waals surface area contributed by atoms with Crippen LogP contribution in [0.15, 0.2) is 64.2 Å². The van der Waals surface area contributed by atoms with Crippen LogP contribution in [0.3, 0.4) is 0 Å². The van der Waals surface area contributed by atoms with Crippen molar-refractivity contribution in [3.63, 3.8) is 0 Å². The van der Waals surface area contributed by atoms with Crippen LogP contribution in [-0.2, 0) is 5.75 Å². The van der Waals surface area contributed by atoms with E-state index in [4.69, 9.17) is 10.3 Å². The Kier molecular flexibility index (Phi) is 5.38. The molecule has 2 aromatic heterocycles. The van der Waals surface area contributed by atoms with Crippen LogP contribution < -0.4 is 10.6 Å². The van der Waals surface area contributed by atoms with E-state index >= 15 is 0 Å². The third-order valence-corrected chi connectivity index (χ3v) is 4.74. The molecule has 0 saturated carbocycles. The van der Waals surface area contributed by atoms with Gasteiger partial charge in [-0.25, -0.2) is 4.68 Å². The van der Waals surface area contributed by atoms with Crippen LogP contribution in [0.25, 0.3) is 22.8 Å². The van der Waals surface area contributed by atoms with E-state index in [2.05, 4.69) is 25.1 Å². The number of nitrogens with two attached hydrogens (primary N) is 1. The van der Waals surface area contributed by atoms with Gasteiger partial charge in [0.05, 0.1) is 5.75 Å². The Bertz CT molecular complexity index is 1090. The van der Waals surface area contributed by atoms with Crippen molar-refractivity contribution in [2.45, 2.75) is 17.5 Å². The zero-order valence-corrected chi connectivity index (χ0v) is 15.6. The molecule has 0 radical (unpaired) electrons. The number of nitrogens with zero attached hydrogens (tertiary/aromatic N) is 5. The fourth-order valence-corrected chi connectivity index (χ4v) is 3.19. The van der Waals surface area contributed by atoms with Crippen LogP contribution in [0.1, 0.15) is 5.89 Å². The van der Waals surface area contributed by atoms with Crippen LogP contribution in [-0.4, -0.2) is 31.7 Å². The van der Waals surface area contributed by atoms with Gasteiger partial charge in [-0.15, -0.1) is 20.4 Å². The van der Waals surface area contributed by atoms with Gasteiger partial charge in [-0.05, 0) is 36.4 Å². The van der Waals surface area contributed by atoms with Crippen molar-refractivity contribution in [1.82, 2.24) is 25.1 Å². The molecule has 0 saturated heterocycles. The van der Waals surface area contributed by atoms with Crippen LogP contribution in [0, 0.1) is 0 Å². The Morgan fingerprint density at radius 3 is 2.45 bits per heavy atom. The second kappa shape index (κ2) is 8.27. The lowest BCUT2D eigenvalue weighted by molar-refractivity contribution is -0.0498. The number of ether oxygens (including phenoxy) is 1. The fourth-order valence-electron chi connectivity index (χ4n) is 2.49. The zero-order chi connectivity index (χ0) is 20.2. The van der Waals surface area contributed by atoms with Crippen molar-refractivity contribution in [3.8, 4) is 28.6 Å². The molecule has 11 heteroatoms. The molecule has 2 N–H and O–H groups in total. The fraction of sp³-hybridized carbons (Fsp3) is 0.111. The highest BCUT2D eigenvalue weighted by Gasteiger charge is 2.15. The van der Waals surface area contributed by atoms with E-state index < -0.39 is 6.61 Å². The van der Waals surface area contributed by atoms with Crippen LogP contribution in [0.4, 0.5) is 8.78 Å². The van der Waals surface area contributed by atoms with E-state index in [9.17, 15) is 8.78 Å². The number of benzene rings is 2. The quantitative estimate of drug-likeness (QED) is 0.360. The Balaban J connectivity index is 1.43. The van der Waals surface area contributed by atoms with E-state index in [1.165, 1.54) is 28.6 Å². The lowest BCUT2D eigenvalue weighted by atomic mass is 10.2. The van der Waals surface area contributed by atoms with Crippen molar-refractivity contribution in [1.29, 1.82) is 0 Å². The summed E-state index contributed by atoms with van der Waals surface area (Å²) in [5.74, 6) is 7.71. The van der Waals surface area contributed by atoms with Crippen LogP contribution in [0.5, 0.6) is 5.75 Å². The molecule has 148 valence electrons. The first-order valence-electron chi connectivity index (χ1n) is 8.36. The molecule has 0 bridgehead atoms. The van der Waals surface area contributed by atoms with Gasteiger partial charge in [0.25, 0.3) is 0 Å². The Morgan fingerprint density at radius 2 is 1.72 bits per heavy atom. The first kappa shape index (κ1) is 18.9. The molecule has 2 aromatic carbocycles. The molecule has 0 atom stereocenters. The second-order valence-electron chi connectivity index (χ2n) is 5.73. The molecular formula is C18H14F2N6O2S. The number of rotatable bonds is 7. The second-order valence-corrected chi connectivity index (χ2v) is 6.68. The number of thioether (sulfide) groups is 1. The van der Waals surface area contributed by atoms with Crippen molar-refractivity contribution in [3.05, 3.63) is 60.5 Å². The average molecular weight is 416 g/mol. The molecule has 0 amide bonds. The molecule has 4 aromatic rings. The van der Waals surface area contributed by atoms with E-state index in [0.717, 1.165) is 5.56 Å². The molecule has 8 nitrogen and oxygen atoms in total. The number of nitrogen functional groups attached to an aromatic ring is 1. The van der Waals surface area contributed by atoms with Crippen molar-refractivity contribution in [2.75, 3.05) is 5.84 Å². The summed E-state index contributed by atoms with van der Waals surface area (Å²) in [6.07, 6.45) is 0. The molecule has 0 aliphatic carbocycles. The smallest absolute Gasteiger partial charge is 0.387 e. The first-order valence-corrected chi connectivity index (χ1v) is 9.35. The highest BCUT2D eigenvalue weighted by molar-refractivity contribution is 7.98. The van der Waals surface area contributed by atoms with E-state index in [1.807, 2.05) is 30.3 Å². The number of hydrogen-bond donors (Lipinski definition) is 1. The Morgan fingerprint density at radius 1 is 0.966 bits per heavy atom. The molecule has 4 rings (SSSR count). The number of alkyl halides is 2. The molecule has 0 aliphatic rings. The minimum Gasteiger partial charge on any atom is -0.435 e. The van der Waals surface area contributed by atoms with Gasteiger partial charge >= 0.3 is 6.61 Å². The Hall–Kier alpha value is -3.47. The monoisotopic (exact) mass is 416 g/mol. The SMILES string of the molecule is Nn1c(SCc2nnc(-c3ccccc3)o2)nnc1-c1ccc(OC(F)F)cc1. The third-order valence-electron chi connectivity index (χ3n) is 3.81. The highest BCUT2D eigenvalue weighted by atomic mass is 32.2. The minimum atomic E-state index is -2.88. The van der Waals surface area contributed by atoms with Gasteiger partial charge in [-0.3, -0.25) is 0 Å². The molecule has 0 unspecified atom stereocenters. The van der Waals surface area contributed by atoms with Crippen molar-refractivity contribution >= 4 is 11.8 Å². The average Bonchev–Trinajstić information content (AvgIpc) is 3.34. The van der Waals surface area contributed by atoms with Gasteiger partial charge in [0, 0.05) is 11.1 Å². The molecular weight excluding hydrogens is 402 g/mol. The summed E-state index contributed by atoms with van der Waals surface area (Å²) < 4.78 is 35.8. The maximum Gasteiger partial charge on any atom is 0.387 e. The minimum absolute atomic E-state index is 0.0482. The first-order chi connectivity index (χ1) is 14.1. The van der Waals surface area contributed by atoms with E-state index in [0.29, 0.717) is 34.1 Å². The van der Waals surface area contributed by atoms with Gasteiger partial charge in [-0.2, -0.15) is 8.78 Å². The molecule has 0 aliphatic heterocycles. The summed E-state index contributed by atoms with van der Waals surface area (Å²) in [5, 5.41) is 16.6. The van der Waals surface area contributed by atoms with Crippen molar-refractivity contribution < 1.29 is 17.9 Å². The lowest BCUT2D eigenvalue weighted by Crippen LogP contribution is -2.11. The molecule has 0 fully saturated rings. The lowest BCUT2D eigenvalue weighted by Gasteiger charge is -2.06. The Labute approximate surface area is 167 Å². The summed E-state index contributed by atoms with van der Waals surface area (Å²) in [7, 11) is 0. The zero-order valence-electron chi connectivity index (χ0n) is 14.8. The van der Waals surface area contributed by atoms with E-state index in [-0.39, 0.29) is 5.75 Å². The van der Waals surface area contributed by atoms with E-state index in [1.54, 1.807) is 12.1 Å². The summed E-state index contributed by atoms with van der Waals surface area (Å²) in [6.45, 7) is -2.88.